The van der Waals surface area contributed by atoms with E-state index in [1.165, 1.54) is 24.7 Å². The first-order valence-corrected chi connectivity index (χ1v) is 14.5. The molecule has 17 nitrogen and oxygen atoms in total. The Hall–Kier alpha value is -2.38. The molecule has 5 heterocycles. The van der Waals surface area contributed by atoms with Crippen LogP contribution < -0.4 is 11.1 Å². The zero-order valence-electron chi connectivity index (χ0n) is 20.6. The molecule has 3 aliphatic heterocycles. The summed E-state index contributed by atoms with van der Waals surface area (Å²) >= 11 is 5.18. The summed E-state index contributed by atoms with van der Waals surface area (Å²) in [5.74, 6) is -0.218. The topological polar surface area (TPSA) is 226 Å². The van der Waals surface area contributed by atoms with Crippen LogP contribution in [0.15, 0.2) is 12.7 Å². The minimum absolute atomic E-state index is 0.0539. The molecule has 0 spiro atoms. The van der Waals surface area contributed by atoms with Gasteiger partial charge >= 0.3 is 12.7 Å². The number of aliphatic hydroxyl groups is 2. The number of fused-ring (bicyclic) bond motifs is 1. The highest BCUT2D eigenvalue weighted by molar-refractivity contribution is 8.07. The molecule has 6 N–H and O–H groups in total. The number of methoxy groups -OCH3 is 1. The molecule has 214 valence electrons. The van der Waals surface area contributed by atoms with E-state index in [0.29, 0.717) is 11.2 Å². The number of nitrogens with zero attached hydrogens (tertiary/aromatic N) is 5. The SMILES string of the molecule is CO[C@@H]1[C@H](OP(O)(=S)OC[C@H]2O[C@@H](n3cnc4c(N)ncnc43)C[C@@H]2O)[C@@H](CO)O[C@H]1N1CCC(=O)NC1=O. The van der Waals surface area contributed by atoms with Gasteiger partial charge in [-0.3, -0.25) is 24.1 Å². The van der Waals surface area contributed by atoms with Crippen LogP contribution in [0.1, 0.15) is 19.1 Å². The lowest BCUT2D eigenvalue weighted by atomic mass is 10.1. The van der Waals surface area contributed by atoms with Gasteiger partial charge in [0.05, 0.1) is 25.6 Å². The number of hydrogen-bond acceptors (Lipinski definition) is 14. The number of nitrogens with one attached hydrogen (secondary N) is 1. The van der Waals surface area contributed by atoms with E-state index >= 15 is 0 Å². The third-order valence-electron chi connectivity index (χ3n) is 6.69. The summed E-state index contributed by atoms with van der Waals surface area (Å²) in [5, 5.41) is 22.6. The largest absolute Gasteiger partial charge is 0.394 e. The maximum atomic E-state index is 12.3. The number of imidazole rings is 1. The van der Waals surface area contributed by atoms with Crippen molar-refractivity contribution >= 4 is 47.4 Å². The van der Waals surface area contributed by atoms with E-state index in [1.54, 1.807) is 4.57 Å². The van der Waals surface area contributed by atoms with Gasteiger partial charge in [0.1, 0.15) is 42.5 Å². The van der Waals surface area contributed by atoms with Crippen molar-refractivity contribution in [3.63, 3.8) is 0 Å². The van der Waals surface area contributed by atoms with Crippen molar-refractivity contribution in [2.24, 2.45) is 0 Å². The zero-order chi connectivity index (χ0) is 27.9. The minimum Gasteiger partial charge on any atom is -0.394 e. The Bertz CT molecular complexity index is 1280. The van der Waals surface area contributed by atoms with Crippen LogP contribution in [0.3, 0.4) is 0 Å². The monoisotopic (exact) mass is 589 g/mol. The highest BCUT2D eigenvalue weighted by atomic mass is 32.5. The lowest BCUT2D eigenvalue weighted by Gasteiger charge is -2.34. The highest BCUT2D eigenvalue weighted by Crippen LogP contribution is 2.49. The first kappa shape index (κ1) is 28.2. The maximum absolute atomic E-state index is 12.3. The van der Waals surface area contributed by atoms with Crippen molar-refractivity contribution in [1.82, 2.24) is 29.7 Å². The number of nitrogen functional groups attached to an aromatic ring is 1. The summed E-state index contributed by atoms with van der Waals surface area (Å²) in [7, 11) is 1.34. The maximum Gasteiger partial charge on any atom is 0.326 e. The standard InChI is InChI=1S/C20H28N7O10PS/c1-33-16-15(10(5-28)36-19(16)26-3-2-12(30)25-20(26)31)37-38(32,39)34-6-11-9(29)4-13(35-11)27-8-24-14-17(21)22-7-23-18(14)27/h7-11,13,15-16,19,28-29H,2-6H2,1H3,(H,32,39)(H2,21,22,23)(H,25,30,31)/t9-,10+,11+,13+,15+,16+,19+,38?/m0/s1. The van der Waals surface area contributed by atoms with E-state index in [9.17, 15) is 24.7 Å². The van der Waals surface area contributed by atoms with Gasteiger partial charge in [0.15, 0.2) is 17.7 Å². The van der Waals surface area contributed by atoms with Gasteiger partial charge < -0.3 is 39.6 Å². The summed E-state index contributed by atoms with van der Waals surface area (Å²) in [6, 6.07) is -0.683. The molecule has 0 bridgehead atoms. The first-order valence-electron chi connectivity index (χ1n) is 11.9. The quantitative estimate of drug-likeness (QED) is 0.207. The van der Waals surface area contributed by atoms with Crippen LogP contribution in [0.4, 0.5) is 10.6 Å². The van der Waals surface area contributed by atoms with Gasteiger partial charge in [-0.2, -0.15) is 0 Å². The summed E-state index contributed by atoms with van der Waals surface area (Å²) in [6.45, 7) is -4.79. The van der Waals surface area contributed by atoms with Crippen LogP contribution in [0.2, 0.25) is 0 Å². The number of nitrogens with two attached hydrogens (primary N) is 1. The molecule has 0 saturated carbocycles. The average Bonchev–Trinajstić information content (AvgIpc) is 3.58. The van der Waals surface area contributed by atoms with Crippen LogP contribution in [0, 0.1) is 0 Å². The number of ether oxygens (including phenoxy) is 3. The van der Waals surface area contributed by atoms with Gasteiger partial charge in [0, 0.05) is 26.5 Å². The number of amides is 3. The molecule has 5 rings (SSSR count). The molecule has 39 heavy (non-hydrogen) atoms. The van der Waals surface area contributed by atoms with Crippen LogP contribution >= 0.6 is 6.72 Å². The summed E-state index contributed by atoms with van der Waals surface area (Å²) < 4.78 is 30.0. The Morgan fingerprint density at radius 3 is 2.77 bits per heavy atom. The second kappa shape index (κ2) is 11.2. The van der Waals surface area contributed by atoms with Crippen LogP contribution in [0.25, 0.3) is 11.2 Å². The van der Waals surface area contributed by atoms with E-state index in [4.69, 9.17) is 40.8 Å². The highest BCUT2D eigenvalue weighted by Gasteiger charge is 2.52. The Kier molecular flexibility index (Phi) is 8.12. The molecule has 8 atom stereocenters. The van der Waals surface area contributed by atoms with Crippen LogP contribution in [-0.2, 0) is 39.9 Å². The second-order valence-electron chi connectivity index (χ2n) is 9.09. The molecule has 3 aliphatic rings. The van der Waals surface area contributed by atoms with Crippen LogP contribution in [0.5, 0.6) is 0 Å². The number of aromatic nitrogens is 4. The van der Waals surface area contributed by atoms with Crippen molar-refractivity contribution in [1.29, 1.82) is 0 Å². The fourth-order valence-corrected chi connectivity index (χ4v) is 6.21. The minimum atomic E-state index is -4.00. The third kappa shape index (κ3) is 5.62. The fourth-order valence-electron chi connectivity index (χ4n) is 4.77. The predicted octanol–water partition coefficient (Wildman–Crippen LogP) is -1.65. The number of carbonyl (C=O) groups is 2. The molecule has 0 radical (unpaired) electrons. The van der Waals surface area contributed by atoms with Gasteiger partial charge in [0.2, 0.25) is 5.91 Å². The van der Waals surface area contributed by atoms with E-state index < -0.39 is 68.2 Å². The molecule has 0 aromatic carbocycles. The van der Waals surface area contributed by atoms with Crippen LogP contribution in [-0.4, -0.2) is 115 Å². The number of aliphatic hydroxyl groups excluding tert-OH is 2. The molecule has 3 saturated heterocycles. The lowest BCUT2D eigenvalue weighted by Crippen LogP contribution is -2.57. The number of imide groups is 1. The molecule has 3 fully saturated rings. The van der Waals surface area contributed by atoms with Gasteiger partial charge in [-0.15, -0.1) is 0 Å². The molecular weight excluding hydrogens is 561 g/mol. The number of urea groups is 1. The second-order valence-corrected chi connectivity index (χ2v) is 11.9. The van der Waals surface area contributed by atoms with Crippen molar-refractivity contribution in [2.45, 2.75) is 55.8 Å². The number of hydrogen-bond donors (Lipinski definition) is 5. The van der Waals surface area contributed by atoms with Crippen molar-refractivity contribution in [3.8, 4) is 0 Å². The van der Waals surface area contributed by atoms with E-state index in [0.717, 1.165) is 0 Å². The Morgan fingerprint density at radius 2 is 2.05 bits per heavy atom. The van der Waals surface area contributed by atoms with Gasteiger partial charge in [-0.1, -0.05) is 0 Å². The van der Waals surface area contributed by atoms with Gasteiger partial charge in [-0.25, -0.2) is 19.7 Å². The summed E-state index contributed by atoms with van der Waals surface area (Å²) in [6.07, 6.45) is -3.63. The molecule has 3 amide bonds. The summed E-state index contributed by atoms with van der Waals surface area (Å²) in [5.41, 5.74) is 6.66. The average molecular weight is 590 g/mol. The van der Waals surface area contributed by atoms with Crippen molar-refractivity contribution in [3.05, 3.63) is 12.7 Å². The molecule has 2 aromatic heterocycles. The Morgan fingerprint density at radius 1 is 1.26 bits per heavy atom. The smallest absolute Gasteiger partial charge is 0.326 e. The first-order chi connectivity index (χ1) is 18.6. The molecular formula is C20H28N7O10PS. The lowest BCUT2D eigenvalue weighted by molar-refractivity contribution is -0.126. The van der Waals surface area contributed by atoms with E-state index in [2.05, 4.69) is 20.3 Å². The fraction of sp³-hybridized carbons (Fsp3) is 0.650. The number of rotatable bonds is 9. The molecule has 1 unspecified atom stereocenters. The summed E-state index contributed by atoms with van der Waals surface area (Å²) in [4.78, 5) is 48.2. The number of carbonyl (C=O) groups excluding carboxylic acids is 2. The predicted molar refractivity (Wildman–Crippen MR) is 133 cm³/mol. The molecule has 2 aromatic rings. The van der Waals surface area contributed by atoms with Crippen molar-refractivity contribution in [2.75, 3.05) is 32.6 Å². The van der Waals surface area contributed by atoms with Gasteiger partial charge in [-0.05, 0) is 11.8 Å². The zero-order valence-corrected chi connectivity index (χ0v) is 22.3. The normalized spacial score (nSPS) is 33.0. The molecule has 0 aliphatic carbocycles. The van der Waals surface area contributed by atoms with E-state index in [1.807, 2.05) is 0 Å². The Balaban J connectivity index is 1.22. The Labute approximate surface area is 226 Å². The van der Waals surface area contributed by atoms with E-state index in [-0.39, 0.29) is 31.8 Å². The van der Waals surface area contributed by atoms with Crippen molar-refractivity contribution < 1.29 is 48.0 Å². The molecule has 19 heteroatoms. The number of anilines is 1. The third-order valence-corrected chi connectivity index (χ3v) is 8.25. The van der Waals surface area contributed by atoms with Gasteiger partial charge in [0.25, 0.3) is 0 Å².